The van der Waals surface area contributed by atoms with Crippen molar-refractivity contribution in [1.82, 2.24) is 10.6 Å². The van der Waals surface area contributed by atoms with Crippen molar-refractivity contribution in [2.45, 2.75) is 12.5 Å². The molecule has 3 N–H and O–H groups in total. The van der Waals surface area contributed by atoms with Crippen LogP contribution in [0.4, 0.5) is 0 Å². The number of carbonyl (C=O) groups is 2. The summed E-state index contributed by atoms with van der Waals surface area (Å²) >= 11 is 0. The fourth-order valence-electron chi connectivity index (χ4n) is 0.934. The Kier molecular flexibility index (Phi) is 2.43. The highest BCUT2D eigenvalue weighted by Crippen LogP contribution is 1.94. The third kappa shape index (κ3) is 1.91. The Bertz CT molecular complexity index is 181. The summed E-state index contributed by atoms with van der Waals surface area (Å²) in [4.78, 5) is 21.6. The number of piperazine rings is 1. The van der Waals surface area contributed by atoms with Crippen LogP contribution in [0, 0.1) is 0 Å². The van der Waals surface area contributed by atoms with Crippen molar-refractivity contribution in [2.24, 2.45) is 0 Å². The Morgan fingerprint density at radius 2 is 2.27 bits per heavy atom. The first-order chi connectivity index (χ1) is 5.24. The third-order valence-corrected chi connectivity index (χ3v) is 1.49. The number of amides is 2. The normalized spacial score (nSPS) is 24.3. The Morgan fingerprint density at radius 3 is 2.91 bits per heavy atom. The van der Waals surface area contributed by atoms with Gasteiger partial charge in [0.25, 0.3) is 0 Å². The fraction of sp³-hybridized carbons (Fsp3) is 0.667. The molecule has 5 heteroatoms. The summed E-state index contributed by atoms with van der Waals surface area (Å²) in [5.74, 6) is -0.429. The summed E-state index contributed by atoms with van der Waals surface area (Å²) < 4.78 is 0. The first-order valence-electron chi connectivity index (χ1n) is 3.42. The van der Waals surface area contributed by atoms with E-state index in [-0.39, 0.29) is 31.4 Å². The highest BCUT2D eigenvalue weighted by Gasteiger charge is 2.24. The number of carbonyl (C=O) groups excluding carboxylic acids is 2. The van der Waals surface area contributed by atoms with Gasteiger partial charge in [0, 0.05) is 6.61 Å². The zero-order valence-electron chi connectivity index (χ0n) is 5.96. The lowest BCUT2D eigenvalue weighted by Crippen LogP contribution is -2.56. The topological polar surface area (TPSA) is 78.4 Å². The monoisotopic (exact) mass is 158 g/mol. The summed E-state index contributed by atoms with van der Waals surface area (Å²) in [7, 11) is 0. The summed E-state index contributed by atoms with van der Waals surface area (Å²) in [6, 6.07) is -0.554. The molecule has 1 saturated heterocycles. The van der Waals surface area contributed by atoms with Crippen LogP contribution in [0.5, 0.6) is 0 Å². The van der Waals surface area contributed by atoms with Crippen LogP contribution < -0.4 is 10.6 Å². The molecule has 0 bridgehead atoms. The van der Waals surface area contributed by atoms with Gasteiger partial charge in [-0.15, -0.1) is 0 Å². The molecular weight excluding hydrogens is 148 g/mol. The first kappa shape index (κ1) is 8.00. The van der Waals surface area contributed by atoms with Gasteiger partial charge in [-0.05, 0) is 6.42 Å². The van der Waals surface area contributed by atoms with Gasteiger partial charge in [0.2, 0.25) is 11.8 Å². The van der Waals surface area contributed by atoms with Crippen LogP contribution in [0.3, 0.4) is 0 Å². The SMILES string of the molecule is O=C1CNC(=O)[C@H](CCO)N1. The largest absolute Gasteiger partial charge is 0.396 e. The van der Waals surface area contributed by atoms with E-state index >= 15 is 0 Å². The molecule has 0 aromatic heterocycles. The van der Waals surface area contributed by atoms with Crippen LogP contribution in [0.2, 0.25) is 0 Å². The predicted molar refractivity (Wildman–Crippen MR) is 36.6 cm³/mol. The second-order valence-corrected chi connectivity index (χ2v) is 2.35. The number of rotatable bonds is 2. The second kappa shape index (κ2) is 3.34. The number of hydrogen-bond acceptors (Lipinski definition) is 3. The van der Waals surface area contributed by atoms with Gasteiger partial charge in [0.15, 0.2) is 0 Å². The van der Waals surface area contributed by atoms with Crippen molar-refractivity contribution in [2.75, 3.05) is 13.2 Å². The molecular formula is C6H10N2O3. The average molecular weight is 158 g/mol. The maximum absolute atomic E-state index is 10.9. The zero-order valence-corrected chi connectivity index (χ0v) is 5.96. The Hall–Kier alpha value is -1.10. The van der Waals surface area contributed by atoms with Crippen molar-refractivity contribution in [3.05, 3.63) is 0 Å². The van der Waals surface area contributed by atoms with Gasteiger partial charge in [-0.25, -0.2) is 0 Å². The molecule has 0 aromatic rings. The van der Waals surface area contributed by atoms with Gasteiger partial charge >= 0.3 is 0 Å². The lowest BCUT2D eigenvalue weighted by Gasteiger charge is -2.21. The van der Waals surface area contributed by atoms with Gasteiger partial charge < -0.3 is 15.7 Å². The quantitative estimate of drug-likeness (QED) is 0.434. The molecule has 1 rings (SSSR count). The highest BCUT2D eigenvalue weighted by atomic mass is 16.3. The zero-order chi connectivity index (χ0) is 8.27. The lowest BCUT2D eigenvalue weighted by molar-refractivity contribution is -0.134. The predicted octanol–water partition coefficient (Wildman–Crippen LogP) is -2.02. The third-order valence-electron chi connectivity index (χ3n) is 1.49. The summed E-state index contributed by atoms with van der Waals surface area (Å²) in [6.45, 7) is -0.0564. The van der Waals surface area contributed by atoms with Gasteiger partial charge in [0.05, 0.1) is 6.54 Å². The van der Waals surface area contributed by atoms with E-state index in [0.717, 1.165) is 0 Å². The maximum Gasteiger partial charge on any atom is 0.243 e. The van der Waals surface area contributed by atoms with E-state index in [1.165, 1.54) is 0 Å². The van der Waals surface area contributed by atoms with Gasteiger partial charge in [0.1, 0.15) is 6.04 Å². The molecule has 1 fully saturated rings. The highest BCUT2D eigenvalue weighted by molar-refractivity contribution is 5.94. The van der Waals surface area contributed by atoms with Crippen molar-refractivity contribution in [1.29, 1.82) is 0 Å². The molecule has 0 spiro atoms. The second-order valence-electron chi connectivity index (χ2n) is 2.35. The van der Waals surface area contributed by atoms with Crippen LogP contribution in [-0.2, 0) is 9.59 Å². The van der Waals surface area contributed by atoms with E-state index in [2.05, 4.69) is 10.6 Å². The first-order valence-corrected chi connectivity index (χ1v) is 3.42. The fourth-order valence-corrected chi connectivity index (χ4v) is 0.934. The molecule has 1 aliphatic rings. The van der Waals surface area contributed by atoms with Crippen molar-refractivity contribution in [3.63, 3.8) is 0 Å². The molecule has 1 aliphatic heterocycles. The van der Waals surface area contributed by atoms with E-state index in [4.69, 9.17) is 5.11 Å². The number of hydrogen-bond donors (Lipinski definition) is 3. The molecule has 0 aromatic carbocycles. The van der Waals surface area contributed by atoms with E-state index < -0.39 is 6.04 Å². The van der Waals surface area contributed by atoms with Crippen LogP contribution >= 0.6 is 0 Å². The molecule has 62 valence electrons. The van der Waals surface area contributed by atoms with E-state index in [0.29, 0.717) is 0 Å². The van der Waals surface area contributed by atoms with Gasteiger partial charge in [-0.2, -0.15) is 0 Å². The van der Waals surface area contributed by atoms with Crippen molar-refractivity contribution >= 4 is 11.8 Å². The van der Waals surface area contributed by atoms with Crippen LogP contribution in [0.1, 0.15) is 6.42 Å². The van der Waals surface area contributed by atoms with Gasteiger partial charge in [-0.3, -0.25) is 9.59 Å². The average Bonchev–Trinajstić information content (AvgIpc) is 1.98. The number of aliphatic hydroxyl groups is 1. The van der Waals surface area contributed by atoms with E-state index in [1.807, 2.05) is 0 Å². The molecule has 0 saturated carbocycles. The Balaban J connectivity index is 2.47. The number of aliphatic hydroxyl groups excluding tert-OH is 1. The standard InChI is InChI=1S/C6H10N2O3/c9-2-1-4-6(11)7-3-5(10)8-4/h4,9H,1-3H2,(H,7,11)(H,8,10)/t4-/m0/s1. The van der Waals surface area contributed by atoms with Crippen LogP contribution in [0.25, 0.3) is 0 Å². The minimum atomic E-state index is -0.554. The lowest BCUT2D eigenvalue weighted by atomic mass is 10.1. The molecule has 0 aliphatic carbocycles. The minimum Gasteiger partial charge on any atom is -0.396 e. The molecule has 5 nitrogen and oxygen atoms in total. The number of nitrogens with one attached hydrogen (secondary N) is 2. The van der Waals surface area contributed by atoms with Gasteiger partial charge in [-0.1, -0.05) is 0 Å². The maximum atomic E-state index is 10.9. The van der Waals surface area contributed by atoms with Crippen LogP contribution in [-0.4, -0.2) is 36.1 Å². The summed E-state index contributed by atoms with van der Waals surface area (Å²) in [5, 5.41) is 13.4. The molecule has 11 heavy (non-hydrogen) atoms. The molecule has 0 radical (unpaired) electrons. The summed E-state index contributed by atoms with van der Waals surface area (Å²) in [6.07, 6.45) is 0.275. The van der Waals surface area contributed by atoms with E-state index in [9.17, 15) is 9.59 Å². The Morgan fingerprint density at radius 1 is 1.55 bits per heavy atom. The minimum absolute atomic E-state index is 0.0424. The smallest absolute Gasteiger partial charge is 0.243 e. The van der Waals surface area contributed by atoms with Crippen molar-refractivity contribution in [3.8, 4) is 0 Å². The summed E-state index contributed by atoms with van der Waals surface area (Å²) in [5.41, 5.74) is 0. The van der Waals surface area contributed by atoms with Crippen LogP contribution in [0.15, 0.2) is 0 Å². The van der Waals surface area contributed by atoms with E-state index in [1.54, 1.807) is 0 Å². The molecule has 1 atom stereocenters. The molecule has 1 heterocycles. The molecule has 2 amide bonds. The van der Waals surface area contributed by atoms with Crippen molar-refractivity contribution < 1.29 is 14.7 Å². The Labute approximate surface area is 63.8 Å². The molecule has 0 unspecified atom stereocenters.